The maximum absolute atomic E-state index is 6.85. The third-order valence-corrected chi connectivity index (χ3v) is 8.25. The molecule has 3 aliphatic rings. The van der Waals surface area contributed by atoms with Gasteiger partial charge in [0.25, 0.3) is 0 Å². The van der Waals surface area contributed by atoms with Gasteiger partial charge in [0, 0.05) is 0 Å². The second kappa shape index (κ2) is 9.48. The van der Waals surface area contributed by atoms with E-state index in [9.17, 15) is 0 Å². The first kappa shape index (κ1) is 24.3. The molecule has 2 saturated heterocycles. The van der Waals surface area contributed by atoms with Gasteiger partial charge in [0.05, 0.1) is 33.7 Å². The van der Waals surface area contributed by atoms with E-state index < -0.39 is 5.41 Å². The van der Waals surface area contributed by atoms with Crippen LogP contribution in [0.2, 0.25) is 15.1 Å². The van der Waals surface area contributed by atoms with E-state index in [0.29, 0.717) is 46.4 Å². The molecule has 0 aromatic heterocycles. The fraction of sp³-hybridized carbons (Fsp3) is 0.226. The number of benzene rings is 4. The zero-order valence-corrected chi connectivity index (χ0v) is 22.5. The molecule has 0 N–H and O–H groups in total. The Kier molecular flexibility index (Phi) is 6.06. The molecule has 0 radical (unpaired) electrons. The molecule has 2 heterocycles. The predicted octanol–water partition coefficient (Wildman–Crippen LogP) is 7.57. The van der Waals surface area contributed by atoms with E-state index in [1.807, 2.05) is 24.3 Å². The first-order valence-corrected chi connectivity index (χ1v) is 13.7. The molecule has 2 atom stereocenters. The number of rotatable bonds is 8. The van der Waals surface area contributed by atoms with Crippen molar-refractivity contribution in [3.63, 3.8) is 0 Å². The van der Waals surface area contributed by atoms with Gasteiger partial charge in [0.2, 0.25) is 0 Å². The number of fused-ring (bicyclic) bond motifs is 3. The summed E-state index contributed by atoms with van der Waals surface area (Å²) in [5.41, 5.74) is 5.78. The molecule has 4 aromatic rings. The van der Waals surface area contributed by atoms with E-state index >= 15 is 0 Å². The van der Waals surface area contributed by atoms with Gasteiger partial charge in [-0.05, 0) is 57.6 Å². The van der Waals surface area contributed by atoms with Gasteiger partial charge < -0.3 is 18.9 Å². The Morgan fingerprint density at radius 1 is 0.658 bits per heavy atom. The van der Waals surface area contributed by atoms with Crippen molar-refractivity contribution in [3.8, 4) is 22.6 Å². The van der Waals surface area contributed by atoms with Gasteiger partial charge in [-0.1, -0.05) is 89.4 Å². The van der Waals surface area contributed by atoms with Gasteiger partial charge in [-0.15, -0.1) is 0 Å². The maximum atomic E-state index is 6.85. The molecule has 7 rings (SSSR count). The fourth-order valence-electron chi connectivity index (χ4n) is 5.48. The van der Waals surface area contributed by atoms with Crippen LogP contribution in [0, 0.1) is 0 Å². The smallest absolute Gasteiger partial charge is 0.156 e. The standard InChI is InChI=1S/C31H23Cl3O4/c32-26-11-18(9-10-29(26)37-16-20-14-35-20)31(19-12-27(33)30(28(34)13-19)38-17-21-15-36-21)24-7-3-1-5-22(24)23-6-2-4-8-25(23)31/h1-13,20-21H,14-17H2. The van der Waals surface area contributed by atoms with Gasteiger partial charge in [-0.25, -0.2) is 0 Å². The number of ether oxygens (including phenoxy) is 4. The van der Waals surface area contributed by atoms with Crippen LogP contribution in [0.4, 0.5) is 0 Å². The average molecular weight is 566 g/mol. The summed E-state index contributed by atoms with van der Waals surface area (Å²) in [5.74, 6) is 1.09. The SMILES string of the molecule is Clc1cc(C2(c3cc(Cl)c(OCC4CO4)c(Cl)c3)c3ccccc3-c3ccccc32)ccc1OCC1CO1. The van der Waals surface area contributed by atoms with Gasteiger partial charge in [-0.3, -0.25) is 0 Å². The van der Waals surface area contributed by atoms with Crippen molar-refractivity contribution in [2.75, 3.05) is 26.4 Å². The lowest BCUT2D eigenvalue weighted by Crippen LogP contribution is -2.28. The van der Waals surface area contributed by atoms with E-state index in [-0.39, 0.29) is 12.2 Å². The molecular weight excluding hydrogens is 543 g/mol. The molecule has 4 nitrogen and oxygen atoms in total. The van der Waals surface area contributed by atoms with Crippen LogP contribution >= 0.6 is 34.8 Å². The molecule has 4 aromatic carbocycles. The molecule has 0 bridgehead atoms. The normalized spacial score (nSPS) is 20.0. The van der Waals surface area contributed by atoms with Crippen LogP contribution < -0.4 is 9.47 Å². The molecule has 2 aliphatic heterocycles. The molecule has 2 fully saturated rings. The molecule has 0 saturated carbocycles. The molecule has 2 unspecified atom stereocenters. The quantitative estimate of drug-likeness (QED) is 0.182. The van der Waals surface area contributed by atoms with Gasteiger partial charge in [0.15, 0.2) is 5.75 Å². The largest absolute Gasteiger partial charge is 0.489 e. The summed E-state index contributed by atoms with van der Waals surface area (Å²) in [7, 11) is 0. The molecule has 38 heavy (non-hydrogen) atoms. The highest BCUT2D eigenvalue weighted by Gasteiger charge is 2.46. The molecule has 7 heteroatoms. The Balaban J connectivity index is 1.43. The summed E-state index contributed by atoms with van der Waals surface area (Å²) < 4.78 is 22.4. The highest BCUT2D eigenvalue weighted by molar-refractivity contribution is 6.37. The second-order valence-electron chi connectivity index (χ2n) is 9.79. The van der Waals surface area contributed by atoms with E-state index in [1.54, 1.807) is 0 Å². The van der Waals surface area contributed by atoms with Crippen LogP contribution in [0.25, 0.3) is 11.1 Å². The van der Waals surface area contributed by atoms with Crippen molar-refractivity contribution in [2.45, 2.75) is 17.6 Å². The minimum atomic E-state index is -0.708. The molecule has 1 aliphatic carbocycles. The fourth-order valence-corrected chi connectivity index (χ4v) is 6.31. The van der Waals surface area contributed by atoms with Crippen LogP contribution in [-0.2, 0) is 14.9 Å². The van der Waals surface area contributed by atoms with Crippen LogP contribution in [-0.4, -0.2) is 38.6 Å². The Morgan fingerprint density at radius 3 is 1.74 bits per heavy atom. The van der Waals surface area contributed by atoms with Crippen molar-refractivity contribution in [3.05, 3.63) is 116 Å². The monoisotopic (exact) mass is 564 g/mol. The lowest BCUT2D eigenvalue weighted by Gasteiger charge is -2.34. The number of hydrogen-bond donors (Lipinski definition) is 0. The number of epoxide rings is 2. The highest BCUT2D eigenvalue weighted by atomic mass is 35.5. The Bertz CT molecular complexity index is 1480. The lowest BCUT2D eigenvalue weighted by molar-refractivity contribution is 0.263. The first-order chi connectivity index (χ1) is 18.6. The third kappa shape index (κ3) is 4.07. The van der Waals surface area contributed by atoms with Gasteiger partial charge in [0.1, 0.15) is 31.2 Å². The molecular formula is C31H23Cl3O4. The number of halogens is 3. The predicted molar refractivity (Wildman–Crippen MR) is 149 cm³/mol. The Labute approximate surface area is 236 Å². The summed E-state index contributed by atoms with van der Waals surface area (Å²) in [4.78, 5) is 0. The summed E-state index contributed by atoms with van der Waals surface area (Å²) in [6.45, 7) is 2.31. The molecule has 0 amide bonds. The highest BCUT2D eigenvalue weighted by Crippen LogP contribution is 2.57. The molecule has 192 valence electrons. The van der Waals surface area contributed by atoms with E-state index in [4.69, 9.17) is 53.8 Å². The summed E-state index contributed by atoms with van der Waals surface area (Å²) in [5, 5.41) is 1.43. The topological polar surface area (TPSA) is 43.5 Å². The minimum absolute atomic E-state index is 0.0936. The number of hydrogen-bond acceptors (Lipinski definition) is 4. The van der Waals surface area contributed by atoms with Crippen molar-refractivity contribution in [1.82, 2.24) is 0 Å². The van der Waals surface area contributed by atoms with Crippen molar-refractivity contribution in [2.24, 2.45) is 0 Å². The van der Waals surface area contributed by atoms with Crippen molar-refractivity contribution in [1.29, 1.82) is 0 Å². The summed E-state index contributed by atoms with van der Waals surface area (Å²) in [6, 6.07) is 26.8. The first-order valence-electron chi connectivity index (χ1n) is 12.5. The molecule has 0 spiro atoms. The lowest BCUT2D eigenvalue weighted by atomic mass is 9.67. The van der Waals surface area contributed by atoms with Crippen molar-refractivity contribution < 1.29 is 18.9 Å². The van der Waals surface area contributed by atoms with E-state index in [1.165, 1.54) is 0 Å². The Hall–Kier alpha value is -2.73. The van der Waals surface area contributed by atoms with Crippen LogP contribution in [0.5, 0.6) is 11.5 Å². The average Bonchev–Trinajstić information content (AvgIpc) is 3.86. The zero-order valence-electron chi connectivity index (χ0n) is 20.3. The third-order valence-electron chi connectivity index (χ3n) is 7.39. The van der Waals surface area contributed by atoms with Crippen LogP contribution in [0.15, 0.2) is 78.9 Å². The van der Waals surface area contributed by atoms with E-state index in [2.05, 4.69) is 54.6 Å². The zero-order chi connectivity index (χ0) is 25.9. The second-order valence-corrected chi connectivity index (χ2v) is 11.0. The summed E-state index contributed by atoms with van der Waals surface area (Å²) in [6.07, 6.45) is 0.234. The van der Waals surface area contributed by atoms with E-state index in [0.717, 1.165) is 40.0 Å². The Morgan fingerprint density at radius 2 is 1.18 bits per heavy atom. The van der Waals surface area contributed by atoms with Crippen molar-refractivity contribution >= 4 is 34.8 Å². The van der Waals surface area contributed by atoms with Gasteiger partial charge >= 0.3 is 0 Å². The maximum Gasteiger partial charge on any atom is 0.156 e. The van der Waals surface area contributed by atoms with Crippen LogP contribution in [0.1, 0.15) is 22.3 Å². The summed E-state index contributed by atoms with van der Waals surface area (Å²) >= 11 is 20.5. The van der Waals surface area contributed by atoms with Gasteiger partial charge in [-0.2, -0.15) is 0 Å². The van der Waals surface area contributed by atoms with Crippen LogP contribution in [0.3, 0.4) is 0 Å². The minimum Gasteiger partial charge on any atom is -0.489 e.